The fourth-order valence-electron chi connectivity index (χ4n) is 3.96. The van der Waals surface area contributed by atoms with Gasteiger partial charge < -0.3 is 9.64 Å². The second kappa shape index (κ2) is 9.76. The Morgan fingerprint density at radius 1 is 1.17 bits per heavy atom. The summed E-state index contributed by atoms with van der Waals surface area (Å²) in [5.41, 5.74) is -0.247. The van der Waals surface area contributed by atoms with E-state index in [1.54, 1.807) is 24.3 Å². The van der Waals surface area contributed by atoms with Crippen molar-refractivity contribution in [2.24, 2.45) is 0 Å². The lowest BCUT2D eigenvalue weighted by atomic mass is 10.1. The molecule has 1 saturated heterocycles. The molecule has 0 unspecified atom stereocenters. The van der Waals surface area contributed by atoms with Gasteiger partial charge in [0.2, 0.25) is 15.9 Å². The second-order valence-corrected chi connectivity index (χ2v) is 9.74. The SMILES string of the molecule is C=CC(=O)N1C[C@@H](NS(=O)(=O)c2cccc3cccnc23)[C@H](OCc2cccc(C(F)(F)F)c2)C1. The number of hydrogen-bond acceptors (Lipinski definition) is 5. The van der Waals surface area contributed by atoms with Crippen molar-refractivity contribution in [3.63, 3.8) is 0 Å². The standard InChI is InChI=1S/C24H22F3N3O4S/c1-2-22(31)30-13-19(20(14-30)34-15-16-6-3-9-18(12-16)24(25,26)27)29-35(32,33)21-10-4-7-17-8-5-11-28-23(17)21/h2-12,19-20,29H,1,13-15H2/t19-,20-/m1/s1. The molecule has 1 fully saturated rings. The number of alkyl halides is 3. The lowest BCUT2D eigenvalue weighted by Gasteiger charge is -2.20. The minimum atomic E-state index is -4.50. The molecule has 0 radical (unpaired) electrons. The highest BCUT2D eigenvalue weighted by Crippen LogP contribution is 2.30. The van der Waals surface area contributed by atoms with Crippen molar-refractivity contribution < 1.29 is 31.1 Å². The number of halogens is 3. The number of sulfonamides is 1. The molecule has 35 heavy (non-hydrogen) atoms. The van der Waals surface area contributed by atoms with Gasteiger partial charge in [0.1, 0.15) is 4.90 Å². The largest absolute Gasteiger partial charge is 0.416 e. The molecule has 1 aromatic heterocycles. The molecule has 1 amide bonds. The van der Waals surface area contributed by atoms with Crippen LogP contribution in [0.5, 0.6) is 0 Å². The zero-order valence-electron chi connectivity index (χ0n) is 18.4. The topological polar surface area (TPSA) is 88.6 Å². The predicted octanol–water partition coefficient (Wildman–Crippen LogP) is 3.51. The third kappa shape index (κ3) is 5.53. The minimum absolute atomic E-state index is 0.00946. The van der Waals surface area contributed by atoms with Crippen LogP contribution in [-0.4, -0.2) is 49.4 Å². The number of hydrogen-bond donors (Lipinski definition) is 1. The molecule has 2 atom stereocenters. The fourth-order valence-corrected chi connectivity index (χ4v) is 5.40. The lowest BCUT2D eigenvalue weighted by molar-refractivity contribution is -0.137. The van der Waals surface area contributed by atoms with Crippen LogP contribution in [0.15, 0.2) is 78.3 Å². The van der Waals surface area contributed by atoms with Crippen LogP contribution in [0.4, 0.5) is 13.2 Å². The van der Waals surface area contributed by atoms with Crippen molar-refractivity contribution in [2.45, 2.75) is 29.8 Å². The maximum atomic E-state index is 13.3. The number of amides is 1. The van der Waals surface area contributed by atoms with E-state index < -0.39 is 39.8 Å². The first-order valence-corrected chi connectivity index (χ1v) is 12.1. The number of carbonyl (C=O) groups excluding carboxylic acids is 1. The Morgan fingerprint density at radius 2 is 1.91 bits per heavy atom. The van der Waals surface area contributed by atoms with E-state index in [1.165, 1.54) is 29.3 Å². The molecule has 11 heteroatoms. The smallest absolute Gasteiger partial charge is 0.370 e. The van der Waals surface area contributed by atoms with E-state index in [1.807, 2.05) is 0 Å². The maximum absolute atomic E-state index is 13.3. The van der Waals surface area contributed by atoms with Crippen molar-refractivity contribution in [1.29, 1.82) is 0 Å². The summed E-state index contributed by atoms with van der Waals surface area (Å²) in [6, 6.07) is 12.1. The summed E-state index contributed by atoms with van der Waals surface area (Å²) in [5.74, 6) is -0.411. The lowest BCUT2D eigenvalue weighted by Crippen LogP contribution is -2.44. The van der Waals surface area contributed by atoms with Crippen LogP contribution in [0.1, 0.15) is 11.1 Å². The summed E-state index contributed by atoms with van der Waals surface area (Å²) >= 11 is 0. The number of aromatic nitrogens is 1. The third-order valence-electron chi connectivity index (χ3n) is 5.66. The first-order chi connectivity index (χ1) is 16.6. The summed E-state index contributed by atoms with van der Waals surface area (Å²) in [4.78, 5) is 17.7. The maximum Gasteiger partial charge on any atom is 0.416 e. The van der Waals surface area contributed by atoms with Crippen molar-refractivity contribution in [3.8, 4) is 0 Å². The molecule has 0 bridgehead atoms. The number of carbonyl (C=O) groups is 1. The van der Waals surface area contributed by atoms with Crippen LogP contribution in [0.3, 0.4) is 0 Å². The number of para-hydroxylation sites is 1. The number of nitrogens with zero attached hydrogens (tertiary/aromatic N) is 2. The van der Waals surface area contributed by atoms with Crippen LogP contribution in [0.25, 0.3) is 10.9 Å². The van der Waals surface area contributed by atoms with E-state index in [0.717, 1.165) is 18.2 Å². The Bertz CT molecular complexity index is 1360. The van der Waals surface area contributed by atoms with E-state index in [4.69, 9.17) is 4.74 Å². The highest BCUT2D eigenvalue weighted by atomic mass is 32.2. The zero-order chi connectivity index (χ0) is 25.2. The van der Waals surface area contributed by atoms with Gasteiger partial charge >= 0.3 is 6.18 Å². The quantitative estimate of drug-likeness (QED) is 0.497. The van der Waals surface area contributed by atoms with Crippen molar-refractivity contribution in [2.75, 3.05) is 13.1 Å². The van der Waals surface area contributed by atoms with Gasteiger partial charge in [0.05, 0.1) is 29.8 Å². The van der Waals surface area contributed by atoms with Gasteiger partial charge in [-0.25, -0.2) is 13.1 Å². The van der Waals surface area contributed by atoms with Crippen molar-refractivity contribution in [1.82, 2.24) is 14.6 Å². The van der Waals surface area contributed by atoms with Gasteiger partial charge in [-0.15, -0.1) is 0 Å². The molecule has 2 heterocycles. The first kappa shape index (κ1) is 24.8. The Balaban J connectivity index is 1.57. The number of ether oxygens (including phenoxy) is 1. The van der Waals surface area contributed by atoms with E-state index in [9.17, 15) is 26.4 Å². The number of benzene rings is 2. The molecule has 7 nitrogen and oxygen atoms in total. The summed E-state index contributed by atoms with van der Waals surface area (Å²) in [6.45, 7) is 3.31. The van der Waals surface area contributed by atoms with Crippen LogP contribution in [0.2, 0.25) is 0 Å². The highest BCUT2D eigenvalue weighted by Gasteiger charge is 2.38. The number of likely N-dealkylation sites (tertiary alicyclic amines) is 1. The van der Waals surface area contributed by atoms with Gasteiger partial charge in [0.25, 0.3) is 0 Å². The van der Waals surface area contributed by atoms with E-state index in [-0.39, 0.29) is 30.2 Å². The number of fused-ring (bicyclic) bond motifs is 1. The number of rotatable bonds is 7. The first-order valence-electron chi connectivity index (χ1n) is 10.6. The van der Waals surface area contributed by atoms with Gasteiger partial charge in [0.15, 0.2) is 0 Å². The monoisotopic (exact) mass is 505 g/mol. The number of pyridine rings is 1. The summed E-state index contributed by atoms with van der Waals surface area (Å²) in [5, 5.41) is 0.641. The van der Waals surface area contributed by atoms with Gasteiger partial charge in [-0.2, -0.15) is 13.2 Å². The molecule has 0 aliphatic carbocycles. The van der Waals surface area contributed by atoms with Crippen molar-refractivity contribution >= 4 is 26.8 Å². The van der Waals surface area contributed by atoms with Crippen LogP contribution in [0, 0.1) is 0 Å². The van der Waals surface area contributed by atoms with Crippen molar-refractivity contribution in [3.05, 3.63) is 84.6 Å². The second-order valence-electron chi connectivity index (χ2n) is 8.05. The average molecular weight is 506 g/mol. The molecule has 1 aliphatic rings. The van der Waals surface area contributed by atoms with E-state index in [0.29, 0.717) is 10.9 Å². The Labute approximate surface area is 200 Å². The molecule has 0 spiro atoms. The normalized spacial score (nSPS) is 18.7. The summed E-state index contributed by atoms with van der Waals surface area (Å²) < 4.78 is 74.1. The molecule has 184 valence electrons. The minimum Gasteiger partial charge on any atom is -0.370 e. The summed E-state index contributed by atoms with van der Waals surface area (Å²) in [7, 11) is -4.07. The van der Waals surface area contributed by atoms with Gasteiger partial charge in [-0.05, 0) is 35.9 Å². The van der Waals surface area contributed by atoms with Gasteiger partial charge in [-0.3, -0.25) is 9.78 Å². The Morgan fingerprint density at radius 3 is 2.66 bits per heavy atom. The molecular weight excluding hydrogens is 483 g/mol. The zero-order valence-corrected chi connectivity index (χ0v) is 19.2. The van der Waals surface area contributed by atoms with Crippen LogP contribution >= 0.6 is 0 Å². The molecule has 1 N–H and O–H groups in total. The van der Waals surface area contributed by atoms with Crippen LogP contribution < -0.4 is 4.72 Å². The molecule has 2 aromatic carbocycles. The van der Waals surface area contributed by atoms with Crippen LogP contribution in [-0.2, 0) is 32.3 Å². The van der Waals surface area contributed by atoms with E-state index in [2.05, 4.69) is 16.3 Å². The molecule has 4 rings (SSSR count). The Kier molecular flexibility index (Phi) is 6.93. The van der Waals surface area contributed by atoms with E-state index >= 15 is 0 Å². The summed E-state index contributed by atoms with van der Waals surface area (Å²) in [6.07, 6.45) is -2.70. The van der Waals surface area contributed by atoms with Gasteiger partial charge in [-0.1, -0.05) is 36.9 Å². The molecule has 1 aliphatic heterocycles. The molecule has 0 saturated carbocycles. The fraction of sp³-hybridized carbons (Fsp3) is 0.250. The molecule has 3 aromatic rings. The number of nitrogens with one attached hydrogen (secondary N) is 1. The Hall–Kier alpha value is -3.28. The average Bonchev–Trinajstić information content (AvgIpc) is 3.23. The third-order valence-corrected chi connectivity index (χ3v) is 7.18. The molecular formula is C24H22F3N3O4S. The van der Waals surface area contributed by atoms with Gasteiger partial charge in [0, 0.05) is 24.7 Å². The predicted molar refractivity (Wildman–Crippen MR) is 123 cm³/mol. The highest BCUT2D eigenvalue weighted by molar-refractivity contribution is 7.89.